The number of nitro benzene ring substituents is 1. The molecule has 1 fully saturated rings. The molecule has 0 atom stereocenters. The zero-order chi connectivity index (χ0) is 22.7. The van der Waals surface area contributed by atoms with Gasteiger partial charge in [0, 0.05) is 48.4 Å². The summed E-state index contributed by atoms with van der Waals surface area (Å²) in [6.45, 7) is 3.88. The van der Waals surface area contributed by atoms with Crippen LogP contribution in [-0.4, -0.2) is 36.4 Å². The number of hydrogen-bond acceptors (Lipinski definition) is 8. The van der Waals surface area contributed by atoms with Crippen LogP contribution >= 0.6 is 0 Å². The third kappa shape index (κ3) is 4.94. The van der Waals surface area contributed by atoms with E-state index in [-0.39, 0.29) is 10.6 Å². The van der Waals surface area contributed by atoms with Crippen molar-refractivity contribution in [3.8, 4) is 0 Å². The van der Waals surface area contributed by atoms with Crippen LogP contribution in [0, 0.1) is 17.0 Å². The zero-order valence-corrected chi connectivity index (χ0v) is 18.2. The smallest absolute Gasteiger partial charge is 0.270 e. The van der Waals surface area contributed by atoms with E-state index >= 15 is 0 Å². The van der Waals surface area contributed by atoms with Crippen LogP contribution in [-0.2, 0) is 10.0 Å². The minimum absolute atomic E-state index is 0.184. The van der Waals surface area contributed by atoms with Crippen LogP contribution in [0.25, 0.3) is 0 Å². The maximum atomic E-state index is 12.6. The Labute approximate surface area is 185 Å². The molecule has 4 rings (SSSR count). The van der Waals surface area contributed by atoms with Gasteiger partial charge in [0.05, 0.1) is 9.82 Å². The normalized spacial score (nSPS) is 13.7. The van der Waals surface area contributed by atoms with Crippen molar-refractivity contribution in [1.82, 2.24) is 9.97 Å². The van der Waals surface area contributed by atoms with Gasteiger partial charge in [-0.3, -0.25) is 14.8 Å². The third-order valence-corrected chi connectivity index (χ3v) is 6.38. The van der Waals surface area contributed by atoms with Gasteiger partial charge < -0.3 is 10.2 Å². The Hall–Kier alpha value is -3.73. The predicted molar refractivity (Wildman–Crippen MR) is 122 cm³/mol. The molecular weight excluding hydrogens is 432 g/mol. The van der Waals surface area contributed by atoms with Crippen LogP contribution in [0.15, 0.2) is 59.5 Å². The average molecular weight is 455 g/mol. The second kappa shape index (κ2) is 8.79. The largest absolute Gasteiger partial charge is 0.356 e. The molecule has 2 N–H and O–H groups in total. The molecule has 0 spiro atoms. The first-order valence-corrected chi connectivity index (χ1v) is 11.5. The number of aryl methyl sites for hydroxylation is 1. The summed E-state index contributed by atoms with van der Waals surface area (Å²) >= 11 is 0. The summed E-state index contributed by atoms with van der Waals surface area (Å²) < 4.78 is 27.6. The Morgan fingerprint density at radius 2 is 1.69 bits per heavy atom. The number of nitrogens with one attached hydrogen (secondary N) is 2. The van der Waals surface area contributed by atoms with Gasteiger partial charge in [0.25, 0.3) is 15.7 Å². The van der Waals surface area contributed by atoms with Gasteiger partial charge in [-0.15, -0.1) is 0 Å². The number of nitro groups is 1. The van der Waals surface area contributed by atoms with Crippen molar-refractivity contribution < 1.29 is 13.3 Å². The van der Waals surface area contributed by atoms with E-state index in [4.69, 9.17) is 0 Å². The third-order valence-electron chi connectivity index (χ3n) is 5.00. The van der Waals surface area contributed by atoms with E-state index in [0.29, 0.717) is 17.3 Å². The van der Waals surface area contributed by atoms with Gasteiger partial charge in [0.1, 0.15) is 5.82 Å². The second-order valence-electron chi connectivity index (χ2n) is 7.45. The summed E-state index contributed by atoms with van der Waals surface area (Å²) in [7, 11) is -3.97. The number of aromatic nitrogens is 2. The van der Waals surface area contributed by atoms with E-state index in [1.54, 1.807) is 24.3 Å². The van der Waals surface area contributed by atoms with Crippen LogP contribution in [0.5, 0.6) is 0 Å². The van der Waals surface area contributed by atoms with Gasteiger partial charge in [-0.25, -0.2) is 13.4 Å². The Bertz CT molecular complexity index is 1240. The van der Waals surface area contributed by atoms with E-state index in [1.165, 1.54) is 18.2 Å². The number of benzene rings is 2. The molecule has 3 aromatic rings. The molecule has 32 heavy (non-hydrogen) atoms. The zero-order valence-electron chi connectivity index (χ0n) is 17.4. The van der Waals surface area contributed by atoms with Crippen molar-refractivity contribution in [1.29, 1.82) is 0 Å². The first-order valence-electron chi connectivity index (χ1n) is 10.1. The standard InChI is InChI=1S/C21H22N6O4S/c1-15-13-20(26-11-2-3-12-26)24-21(22-15)23-16-7-9-17(10-8-16)25-32(30,31)19-6-4-5-18(14-19)27(28)29/h4-10,13-14,25H,2-3,11-12H2,1H3,(H,22,23,24). The topological polar surface area (TPSA) is 130 Å². The Kier molecular flexibility index (Phi) is 5.91. The molecule has 1 saturated heterocycles. The van der Waals surface area contributed by atoms with Crippen LogP contribution in [0.3, 0.4) is 0 Å². The van der Waals surface area contributed by atoms with E-state index in [9.17, 15) is 18.5 Å². The maximum Gasteiger partial charge on any atom is 0.270 e. The van der Waals surface area contributed by atoms with Crippen LogP contribution in [0.4, 0.5) is 28.8 Å². The number of sulfonamides is 1. The lowest BCUT2D eigenvalue weighted by Crippen LogP contribution is -2.19. The highest BCUT2D eigenvalue weighted by molar-refractivity contribution is 7.92. The number of anilines is 4. The molecule has 1 aliphatic heterocycles. The average Bonchev–Trinajstić information content (AvgIpc) is 3.30. The maximum absolute atomic E-state index is 12.6. The van der Waals surface area contributed by atoms with Gasteiger partial charge in [-0.05, 0) is 50.1 Å². The minimum atomic E-state index is -3.97. The van der Waals surface area contributed by atoms with E-state index in [1.807, 2.05) is 13.0 Å². The summed E-state index contributed by atoms with van der Waals surface area (Å²) in [6.07, 6.45) is 2.30. The summed E-state index contributed by atoms with van der Waals surface area (Å²) in [5.74, 6) is 1.36. The minimum Gasteiger partial charge on any atom is -0.356 e. The quantitative estimate of drug-likeness (QED) is 0.407. The van der Waals surface area contributed by atoms with Crippen LogP contribution < -0.4 is 14.9 Å². The Balaban J connectivity index is 1.48. The molecule has 1 aliphatic rings. The highest BCUT2D eigenvalue weighted by Crippen LogP contribution is 2.24. The fourth-order valence-electron chi connectivity index (χ4n) is 3.45. The van der Waals surface area contributed by atoms with Crippen molar-refractivity contribution >= 4 is 38.9 Å². The van der Waals surface area contributed by atoms with Gasteiger partial charge in [-0.2, -0.15) is 4.98 Å². The van der Waals surface area contributed by atoms with Crippen molar-refractivity contribution in [3.63, 3.8) is 0 Å². The molecular formula is C21H22N6O4S. The highest BCUT2D eigenvalue weighted by atomic mass is 32.2. The molecule has 2 heterocycles. The summed E-state index contributed by atoms with van der Waals surface area (Å²) in [6, 6.07) is 13.4. The molecule has 11 heteroatoms. The molecule has 0 radical (unpaired) electrons. The molecule has 0 unspecified atom stereocenters. The van der Waals surface area contributed by atoms with Crippen molar-refractivity contribution in [2.24, 2.45) is 0 Å². The molecule has 166 valence electrons. The molecule has 0 amide bonds. The molecule has 10 nitrogen and oxygen atoms in total. The fourth-order valence-corrected chi connectivity index (χ4v) is 4.54. The number of non-ortho nitro benzene ring substituents is 1. The summed E-state index contributed by atoms with van der Waals surface area (Å²) in [4.78, 5) is 21.3. The van der Waals surface area contributed by atoms with Crippen LogP contribution in [0.1, 0.15) is 18.5 Å². The SMILES string of the molecule is Cc1cc(N2CCCC2)nc(Nc2ccc(NS(=O)(=O)c3cccc([N+](=O)[O-])c3)cc2)n1. The van der Waals surface area contributed by atoms with Crippen molar-refractivity contribution in [2.45, 2.75) is 24.7 Å². The summed E-state index contributed by atoms with van der Waals surface area (Å²) in [5, 5.41) is 14.1. The molecule has 0 bridgehead atoms. The number of hydrogen-bond donors (Lipinski definition) is 2. The summed E-state index contributed by atoms with van der Waals surface area (Å²) in [5.41, 5.74) is 1.58. The lowest BCUT2D eigenvalue weighted by Gasteiger charge is -2.17. The fraction of sp³-hybridized carbons (Fsp3) is 0.238. The molecule has 2 aromatic carbocycles. The van der Waals surface area contributed by atoms with E-state index in [0.717, 1.165) is 43.5 Å². The van der Waals surface area contributed by atoms with Crippen molar-refractivity contribution in [3.05, 3.63) is 70.4 Å². The van der Waals surface area contributed by atoms with Gasteiger partial charge in [0.2, 0.25) is 5.95 Å². The highest BCUT2D eigenvalue weighted by Gasteiger charge is 2.18. The Morgan fingerprint density at radius 3 is 2.38 bits per heavy atom. The number of nitrogens with zero attached hydrogens (tertiary/aromatic N) is 4. The first kappa shape index (κ1) is 21.5. The van der Waals surface area contributed by atoms with Crippen molar-refractivity contribution in [2.75, 3.05) is 28.0 Å². The van der Waals surface area contributed by atoms with E-state index in [2.05, 4.69) is 24.9 Å². The van der Waals surface area contributed by atoms with Gasteiger partial charge in [-0.1, -0.05) is 6.07 Å². The predicted octanol–water partition coefficient (Wildman–Crippen LogP) is 3.84. The van der Waals surface area contributed by atoms with Crippen LogP contribution in [0.2, 0.25) is 0 Å². The molecule has 0 aliphatic carbocycles. The lowest BCUT2D eigenvalue weighted by atomic mass is 10.3. The van der Waals surface area contributed by atoms with Gasteiger partial charge >= 0.3 is 0 Å². The molecule has 0 saturated carbocycles. The van der Waals surface area contributed by atoms with E-state index < -0.39 is 14.9 Å². The van der Waals surface area contributed by atoms with Gasteiger partial charge in [0.15, 0.2) is 0 Å². The second-order valence-corrected chi connectivity index (χ2v) is 9.13. The first-order chi connectivity index (χ1) is 15.3. The lowest BCUT2D eigenvalue weighted by molar-refractivity contribution is -0.385. The Morgan fingerprint density at radius 1 is 1.00 bits per heavy atom. The number of rotatable bonds is 7. The molecule has 1 aromatic heterocycles. The monoisotopic (exact) mass is 454 g/mol.